The first kappa shape index (κ1) is 14.0. The number of hydrogen-bond acceptors (Lipinski definition) is 2. The lowest BCUT2D eigenvalue weighted by molar-refractivity contribution is -0.140. The van der Waals surface area contributed by atoms with Crippen LogP contribution in [0.15, 0.2) is 12.2 Å². The summed E-state index contributed by atoms with van der Waals surface area (Å²) in [6.45, 7) is 0. The molecule has 0 aromatic heterocycles. The first-order valence-corrected chi connectivity index (χ1v) is 6.31. The highest BCUT2D eigenvalue weighted by atomic mass is 19.2. The summed E-state index contributed by atoms with van der Waals surface area (Å²) in [4.78, 5) is 11.9. The number of ether oxygens (including phenoxy) is 1. The average molecular weight is 304 g/mol. The third kappa shape index (κ3) is 2.11. The minimum absolute atomic E-state index is 0.108. The van der Waals surface area contributed by atoms with Gasteiger partial charge < -0.3 is 4.74 Å². The van der Waals surface area contributed by atoms with E-state index in [1.54, 1.807) is 6.08 Å². The molecule has 2 aliphatic carbocycles. The van der Waals surface area contributed by atoms with Crippen LogP contribution in [0, 0.1) is 46.8 Å². The van der Waals surface area contributed by atoms with Crippen molar-refractivity contribution in [3.8, 4) is 5.75 Å². The van der Waals surface area contributed by atoms with Gasteiger partial charge in [-0.05, 0) is 24.7 Å². The molecule has 2 aliphatic rings. The van der Waals surface area contributed by atoms with Crippen molar-refractivity contribution in [1.82, 2.24) is 0 Å². The van der Waals surface area contributed by atoms with Gasteiger partial charge in [-0.15, -0.1) is 0 Å². The Labute approximate surface area is 116 Å². The van der Waals surface area contributed by atoms with Gasteiger partial charge in [0.25, 0.3) is 0 Å². The zero-order valence-corrected chi connectivity index (χ0v) is 10.5. The molecule has 1 aromatic rings. The lowest BCUT2D eigenvalue weighted by atomic mass is 9.94. The van der Waals surface area contributed by atoms with Crippen molar-refractivity contribution in [1.29, 1.82) is 0 Å². The van der Waals surface area contributed by atoms with Gasteiger partial charge in [0.2, 0.25) is 34.8 Å². The molecule has 3 rings (SSSR count). The van der Waals surface area contributed by atoms with Crippen LogP contribution >= 0.6 is 0 Å². The van der Waals surface area contributed by atoms with Gasteiger partial charge in [-0.25, -0.2) is 13.2 Å². The number of halogens is 5. The molecule has 0 heterocycles. The fourth-order valence-corrected chi connectivity index (χ4v) is 2.90. The van der Waals surface area contributed by atoms with Gasteiger partial charge in [-0.1, -0.05) is 12.2 Å². The number of benzene rings is 1. The summed E-state index contributed by atoms with van der Waals surface area (Å²) in [6, 6.07) is 0. The minimum atomic E-state index is -2.28. The van der Waals surface area contributed by atoms with Crippen LogP contribution in [0.2, 0.25) is 0 Å². The molecule has 1 saturated carbocycles. The maximum atomic E-state index is 13.4. The third-order valence-corrected chi connectivity index (χ3v) is 3.95. The monoisotopic (exact) mass is 304 g/mol. The standard InChI is InChI=1S/C14H9F5O2/c15-8-9(16)11(18)13(12(19)10(8)17)21-14(20)7-4-5-1-2-6(7)3-5/h1-2,5-7H,3-4H2/t5-,6+,7+/m1/s1. The van der Waals surface area contributed by atoms with E-state index < -0.39 is 46.7 Å². The third-order valence-electron chi connectivity index (χ3n) is 3.95. The van der Waals surface area contributed by atoms with Crippen LogP contribution in [0.25, 0.3) is 0 Å². The molecule has 7 heteroatoms. The van der Waals surface area contributed by atoms with Crippen LogP contribution in [-0.2, 0) is 4.79 Å². The molecular formula is C14H9F5O2. The van der Waals surface area contributed by atoms with E-state index in [4.69, 9.17) is 0 Å². The van der Waals surface area contributed by atoms with Crippen molar-refractivity contribution in [2.75, 3.05) is 0 Å². The van der Waals surface area contributed by atoms with E-state index in [1.807, 2.05) is 6.08 Å². The number of carbonyl (C=O) groups excluding carboxylic acids is 1. The molecular weight excluding hydrogens is 295 g/mol. The molecule has 1 fully saturated rings. The summed E-state index contributed by atoms with van der Waals surface area (Å²) >= 11 is 0. The molecule has 0 N–H and O–H groups in total. The Hall–Kier alpha value is -1.92. The molecule has 0 unspecified atom stereocenters. The van der Waals surface area contributed by atoms with Crippen molar-refractivity contribution in [2.45, 2.75) is 12.8 Å². The molecule has 0 saturated heterocycles. The molecule has 21 heavy (non-hydrogen) atoms. The highest BCUT2D eigenvalue weighted by molar-refractivity contribution is 5.76. The van der Waals surface area contributed by atoms with Gasteiger partial charge >= 0.3 is 5.97 Å². The molecule has 112 valence electrons. The fraction of sp³-hybridized carbons (Fsp3) is 0.357. The summed E-state index contributed by atoms with van der Waals surface area (Å²) in [7, 11) is 0. The molecule has 0 amide bonds. The molecule has 3 atom stereocenters. The van der Waals surface area contributed by atoms with E-state index in [-0.39, 0.29) is 11.8 Å². The Morgan fingerprint density at radius 1 is 0.905 bits per heavy atom. The second kappa shape index (κ2) is 4.82. The Bertz CT molecular complexity index is 626. The summed E-state index contributed by atoms with van der Waals surface area (Å²) in [6.07, 6.45) is 4.93. The highest BCUT2D eigenvalue weighted by Gasteiger charge is 2.42. The molecule has 0 radical (unpaired) electrons. The lowest BCUT2D eigenvalue weighted by Gasteiger charge is -2.17. The summed E-state index contributed by atoms with van der Waals surface area (Å²) in [5.41, 5.74) is 0. The number of allylic oxidation sites excluding steroid dienone is 2. The van der Waals surface area contributed by atoms with Crippen LogP contribution in [0.1, 0.15) is 12.8 Å². The number of fused-ring (bicyclic) bond motifs is 2. The van der Waals surface area contributed by atoms with Crippen molar-refractivity contribution in [3.63, 3.8) is 0 Å². The Balaban J connectivity index is 1.89. The van der Waals surface area contributed by atoms with Crippen LogP contribution in [0.5, 0.6) is 5.75 Å². The van der Waals surface area contributed by atoms with Crippen molar-refractivity contribution in [3.05, 3.63) is 41.2 Å². The van der Waals surface area contributed by atoms with E-state index in [0.717, 1.165) is 6.42 Å². The maximum Gasteiger partial charge on any atom is 0.315 e. The minimum Gasteiger partial charge on any atom is -0.420 e. The van der Waals surface area contributed by atoms with Crippen molar-refractivity contribution < 1.29 is 31.5 Å². The average Bonchev–Trinajstić information content (AvgIpc) is 3.10. The normalized spacial score (nSPS) is 26.4. The first-order chi connectivity index (χ1) is 9.90. The number of hydrogen-bond donors (Lipinski definition) is 0. The summed E-state index contributed by atoms with van der Waals surface area (Å²) in [5, 5.41) is 0. The molecule has 0 aliphatic heterocycles. The number of carbonyl (C=O) groups is 1. The van der Waals surface area contributed by atoms with E-state index in [2.05, 4.69) is 4.74 Å². The van der Waals surface area contributed by atoms with Gasteiger partial charge in [0, 0.05) is 0 Å². The fourth-order valence-electron chi connectivity index (χ4n) is 2.90. The SMILES string of the molecule is O=C(Oc1c(F)c(F)c(F)c(F)c1F)[C@H]1C[C@@H]2C=C[C@H]1C2. The largest absolute Gasteiger partial charge is 0.420 e. The Morgan fingerprint density at radius 2 is 1.48 bits per heavy atom. The highest BCUT2D eigenvalue weighted by Crippen LogP contribution is 2.44. The van der Waals surface area contributed by atoms with E-state index in [1.165, 1.54) is 0 Å². The predicted molar refractivity (Wildman–Crippen MR) is 60.7 cm³/mol. The van der Waals surface area contributed by atoms with Crippen LogP contribution in [-0.4, -0.2) is 5.97 Å². The van der Waals surface area contributed by atoms with Crippen LogP contribution < -0.4 is 4.74 Å². The Kier molecular flexibility index (Phi) is 3.22. The van der Waals surface area contributed by atoms with Crippen LogP contribution in [0.4, 0.5) is 22.0 Å². The van der Waals surface area contributed by atoms with Crippen molar-refractivity contribution in [2.24, 2.45) is 17.8 Å². The second-order valence-corrected chi connectivity index (χ2v) is 5.21. The predicted octanol–water partition coefficient (Wildman–Crippen LogP) is 3.50. The van der Waals surface area contributed by atoms with E-state index >= 15 is 0 Å². The zero-order valence-electron chi connectivity index (χ0n) is 10.5. The zero-order chi connectivity index (χ0) is 15.3. The molecule has 2 bridgehead atoms. The van der Waals surface area contributed by atoms with Gasteiger partial charge in [-0.2, -0.15) is 8.78 Å². The van der Waals surface area contributed by atoms with E-state index in [0.29, 0.717) is 6.42 Å². The number of rotatable bonds is 2. The quantitative estimate of drug-likeness (QED) is 0.209. The van der Waals surface area contributed by atoms with Gasteiger partial charge in [0.15, 0.2) is 0 Å². The molecule has 1 aromatic carbocycles. The van der Waals surface area contributed by atoms with Gasteiger partial charge in [0.05, 0.1) is 5.92 Å². The summed E-state index contributed by atoms with van der Waals surface area (Å²) in [5.74, 6) is -13.9. The van der Waals surface area contributed by atoms with Gasteiger partial charge in [0.1, 0.15) is 0 Å². The van der Waals surface area contributed by atoms with Gasteiger partial charge in [-0.3, -0.25) is 4.79 Å². The Morgan fingerprint density at radius 3 is 1.95 bits per heavy atom. The topological polar surface area (TPSA) is 26.3 Å². The smallest absolute Gasteiger partial charge is 0.315 e. The summed E-state index contributed by atoms with van der Waals surface area (Å²) < 4.78 is 70.2. The lowest BCUT2D eigenvalue weighted by Crippen LogP contribution is -2.25. The van der Waals surface area contributed by atoms with E-state index in [9.17, 15) is 26.7 Å². The molecule has 0 spiro atoms. The number of esters is 1. The van der Waals surface area contributed by atoms with Crippen LogP contribution in [0.3, 0.4) is 0 Å². The maximum absolute atomic E-state index is 13.4. The van der Waals surface area contributed by atoms with Crippen molar-refractivity contribution >= 4 is 5.97 Å². The first-order valence-electron chi connectivity index (χ1n) is 6.31. The second-order valence-electron chi connectivity index (χ2n) is 5.21. The molecule has 2 nitrogen and oxygen atoms in total.